The highest BCUT2D eigenvalue weighted by Gasteiger charge is 2.33. The number of rotatable bonds is 5. The fraction of sp³-hybridized carbons (Fsp3) is 0.375. The second-order valence-corrected chi connectivity index (χ2v) is 5.54. The van der Waals surface area contributed by atoms with Crippen molar-refractivity contribution in [3.05, 3.63) is 29.8 Å². The molecule has 3 amide bonds. The summed E-state index contributed by atoms with van der Waals surface area (Å²) >= 11 is 0. The van der Waals surface area contributed by atoms with Crippen LogP contribution in [0.5, 0.6) is 0 Å². The van der Waals surface area contributed by atoms with Crippen LogP contribution in [0, 0.1) is 5.92 Å². The Kier molecular flexibility index (Phi) is 4.65. The van der Waals surface area contributed by atoms with Gasteiger partial charge in [0.15, 0.2) is 0 Å². The number of anilines is 1. The number of benzene rings is 1. The highest BCUT2D eigenvalue weighted by atomic mass is 16.7. The van der Waals surface area contributed by atoms with Gasteiger partial charge < -0.3 is 10.2 Å². The molecular formula is C16H18N2O5. The van der Waals surface area contributed by atoms with E-state index in [1.807, 2.05) is 13.8 Å². The maximum Gasteiger partial charge on any atom is 0.363 e. The molecule has 7 heteroatoms. The van der Waals surface area contributed by atoms with Crippen LogP contribution in [0.1, 0.15) is 44.8 Å². The first kappa shape index (κ1) is 15.2. The molecule has 0 aliphatic carbocycles. The van der Waals surface area contributed by atoms with Gasteiger partial charge in [-0.25, -0.2) is 4.79 Å². The number of hydrogen-bond donors (Lipinski definition) is 1. The minimum absolute atomic E-state index is 0.117. The minimum Gasteiger partial charge on any atom is -0.326 e. The Bertz CT molecular complexity index is 672. The molecule has 0 aromatic heterocycles. The van der Waals surface area contributed by atoms with Crippen molar-refractivity contribution in [2.45, 2.75) is 33.1 Å². The number of carbonyl (C=O) groups excluding carboxylic acids is 4. The molecule has 0 spiro atoms. The maximum atomic E-state index is 12.0. The molecule has 1 fully saturated rings. The van der Waals surface area contributed by atoms with Crippen LogP contribution in [0.2, 0.25) is 0 Å². The van der Waals surface area contributed by atoms with E-state index < -0.39 is 24.2 Å². The van der Waals surface area contributed by atoms with E-state index in [1.54, 1.807) is 0 Å². The summed E-state index contributed by atoms with van der Waals surface area (Å²) < 4.78 is 7.35. The van der Waals surface area contributed by atoms with E-state index >= 15 is 0 Å². The van der Waals surface area contributed by atoms with E-state index in [0.29, 0.717) is 17.2 Å². The van der Waals surface area contributed by atoms with Gasteiger partial charge in [0.25, 0.3) is 11.8 Å². The van der Waals surface area contributed by atoms with Crippen molar-refractivity contribution in [3.63, 3.8) is 0 Å². The highest BCUT2D eigenvalue weighted by Crippen LogP contribution is 2.16. The SMILES string of the molecule is [2H]C1CC(=O)N(OC(=O)c2ccc(NC(=O)CC(C)C)cc2)C1=O. The summed E-state index contributed by atoms with van der Waals surface area (Å²) in [4.78, 5) is 51.4. The zero-order valence-electron chi connectivity index (χ0n) is 13.9. The van der Waals surface area contributed by atoms with Gasteiger partial charge in [-0.15, -0.1) is 5.06 Å². The molecule has 1 atom stereocenters. The van der Waals surface area contributed by atoms with E-state index in [2.05, 4.69) is 5.32 Å². The van der Waals surface area contributed by atoms with Gasteiger partial charge >= 0.3 is 5.97 Å². The van der Waals surface area contributed by atoms with Gasteiger partial charge in [-0.2, -0.15) is 0 Å². The standard InChI is InChI=1S/C16H18N2O5/c1-10(2)9-13(19)17-12-5-3-11(4-6-12)16(22)23-18-14(20)7-8-15(18)21/h3-6,10H,7-9H2,1-2H3,(H,17,19)/i7D. The lowest BCUT2D eigenvalue weighted by Crippen LogP contribution is -2.32. The Morgan fingerprint density at radius 3 is 2.43 bits per heavy atom. The van der Waals surface area contributed by atoms with Gasteiger partial charge in [0.1, 0.15) is 0 Å². The Hall–Kier alpha value is -2.70. The molecule has 1 aromatic carbocycles. The Labute approximate surface area is 135 Å². The van der Waals surface area contributed by atoms with E-state index in [9.17, 15) is 19.2 Å². The van der Waals surface area contributed by atoms with Crippen molar-refractivity contribution < 1.29 is 25.4 Å². The first-order valence-electron chi connectivity index (χ1n) is 7.77. The summed E-state index contributed by atoms with van der Waals surface area (Å²) in [5.74, 6) is -2.35. The molecule has 0 radical (unpaired) electrons. The molecule has 1 aromatic rings. The zero-order chi connectivity index (χ0) is 17.9. The fourth-order valence-corrected chi connectivity index (χ4v) is 1.97. The van der Waals surface area contributed by atoms with Crippen LogP contribution in [-0.4, -0.2) is 28.8 Å². The van der Waals surface area contributed by atoms with Gasteiger partial charge in [0, 0.05) is 26.3 Å². The van der Waals surface area contributed by atoms with Crippen LogP contribution in [0.15, 0.2) is 24.3 Å². The average molecular weight is 319 g/mol. The van der Waals surface area contributed by atoms with Crippen molar-refractivity contribution in [1.82, 2.24) is 5.06 Å². The topological polar surface area (TPSA) is 92.8 Å². The predicted octanol–water partition coefficient (Wildman–Crippen LogP) is 1.89. The number of hydrogen-bond acceptors (Lipinski definition) is 5. The van der Waals surface area contributed by atoms with Gasteiger partial charge in [0.2, 0.25) is 5.91 Å². The third kappa shape index (κ3) is 4.38. The van der Waals surface area contributed by atoms with E-state index in [0.717, 1.165) is 0 Å². The van der Waals surface area contributed by atoms with Gasteiger partial charge in [0.05, 0.1) is 5.56 Å². The normalized spacial score (nSPS) is 18.1. The van der Waals surface area contributed by atoms with Gasteiger partial charge in [-0.1, -0.05) is 13.8 Å². The van der Waals surface area contributed by atoms with E-state index in [4.69, 9.17) is 6.21 Å². The number of nitrogens with one attached hydrogen (secondary N) is 1. The molecule has 122 valence electrons. The lowest BCUT2D eigenvalue weighted by molar-refractivity contribution is -0.172. The lowest BCUT2D eigenvalue weighted by Gasteiger charge is -2.12. The molecule has 23 heavy (non-hydrogen) atoms. The molecule has 1 saturated heterocycles. The zero-order valence-corrected chi connectivity index (χ0v) is 12.9. The van der Waals surface area contributed by atoms with Crippen LogP contribution in [0.4, 0.5) is 5.69 Å². The summed E-state index contributed by atoms with van der Waals surface area (Å²) in [5.41, 5.74) is 0.641. The van der Waals surface area contributed by atoms with Crippen LogP contribution in [0.3, 0.4) is 0 Å². The number of carbonyl (C=O) groups is 4. The maximum absolute atomic E-state index is 12.0. The number of amides is 3. The molecule has 0 saturated carbocycles. The fourth-order valence-electron chi connectivity index (χ4n) is 1.97. The number of nitrogens with zero attached hydrogens (tertiary/aromatic N) is 1. The van der Waals surface area contributed by atoms with Crippen molar-refractivity contribution >= 4 is 29.4 Å². The molecule has 1 aliphatic heterocycles. The van der Waals surface area contributed by atoms with Crippen molar-refractivity contribution in [3.8, 4) is 0 Å². The summed E-state index contributed by atoms with van der Waals surface area (Å²) in [7, 11) is 0. The first-order chi connectivity index (χ1) is 11.3. The van der Waals surface area contributed by atoms with Gasteiger partial charge in [-0.05, 0) is 30.2 Å². The van der Waals surface area contributed by atoms with Crippen LogP contribution in [0.25, 0.3) is 0 Å². The van der Waals surface area contributed by atoms with Crippen molar-refractivity contribution in [2.75, 3.05) is 5.32 Å². The van der Waals surface area contributed by atoms with Gasteiger partial charge in [-0.3, -0.25) is 14.4 Å². The smallest absolute Gasteiger partial charge is 0.326 e. The molecule has 1 N–H and O–H groups in total. The Balaban J connectivity index is 1.97. The molecule has 1 unspecified atom stereocenters. The predicted molar refractivity (Wildman–Crippen MR) is 81.0 cm³/mol. The summed E-state index contributed by atoms with van der Waals surface area (Å²) in [6.07, 6.45) is -1.15. The van der Waals surface area contributed by atoms with Crippen molar-refractivity contribution in [2.24, 2.45) is 5.92 Å². The third-order valence-electron chi connectivity index (χ3n) is 3.05. The largest absolute Gasteiger partial charge is 0.363 e. The molecule has 7 nitrogen and oxygen atoms in total. The van der Waals surface area contributed by atoms with Crippen LogP contribution in [-0.2, 0) is 19.2 Å². The molecular weight excluding hydrogens is 300 g/mol. The number of imide groups is 1. The summed E-state index contributed by atoms with van der Waals surface area (Å²) in [6, 6.07) is 5.87. The van der Waals surface area contributed by atoms with Crippen LogP contribution < -0.4 is 5.32 Å². The molecule has 2 rings (SSSR count). The quantitative estimate of drug-likeness (QED) is 0.837. The Morgan fingerprint density at radius 2 is 1.91 bits per heavy atom. The molecule has 0 bridgehead atoms. The number of hydroxylamine groups is 2. The highest BCUT2D eigenvalue weighted by molar-refractivity contribution is 6.02. The van der Waals surface area contributed by atoms with Crippen molar-refractivity contribution in [1.29, 1.82) is 0 Å². The first-order valence-corrected chi connectivity index (χ1v) is 7.19. The second kappa shape index (κ2) is 7.04. The third-order valence-corrected chi connectivity index (χ3v) is 3.05. The molecule has 1 aliphatic rings. The average Bonchev–Trinajstić information content (AvgIpc) is 2.73. The summed E-state index contributed by atoms with van der Waals surface area (Å²) in [5, 5.41) is 3.03. The minimum atomic E-state index is -1.23. The van der Waals surface area contributed by atoms with E-state index in [-0.39, 0.29) is 23.8 Å². The lowest BCUT2D eigenvalue weighted by atomic mass is 10.1. The van der Waals surface area contributed by atoms with E-state index in [1.165, 1.54) is 24.3 Å². The Morgan fingerprint density at radius 1 is 1.26 bits per heavy atom. The summed E-state index contributed by atoms with van der Waals surface area (Å²) in [6.45, 7) is 3.86. The monoisotopic (exact) mass is 319 g/mol. The van der Waals surface area contributed by atoms with Crippen LogP contribution >= 0.6 is 0 Å². The second-order valence-electron chi connectivity index (χ2n) is 5.54. The molecule has 1 heterocycles.